The summed E-state index contributed by atoms with van der Waals surface area (Å²) in [6, 6.07) is 0.840. The highest BCUT2D eigenvalue weighted by Crippen LogP contribution is 2.32. The number of hydrogen-bond acceptors (Lipinski definition) is 4. The molecule has 3 heterocycles. The smallest absolute Gasteiger partial charge is 0.381 e. The molecule has 2 aromatic rings. The third-order valence-electron chi connectivity index (χ3n) is 4.08. The van der Waals surface area contributed by atoms with Crippen LogP contribution < -0.4 is 10.6 Å². The van der Waals surface area contributed by atoms with Crippen molar-refractivity contribution in [2.24, 2.45) is 10.9 Å². The predicted octanol–water partition coefficient (Wildman–Crippen LogP) is 2.72. The number of fused-ring (bicyclic) bond motifs is 1. The van der Waals surface area contributed by atoms with E-state index in [2.05, 4.69) is 25.8 Å². The number of rotatable bonds is 4. The van der Waals surface area contributed by atoms with Crippen LogP contribution in [0.3, 0.4) is 0 Å². The molecule has 150 valence electrons. The van der Waals surface area contributed by atoms with Gasteiger partial charge in [0.1, 0.15) is 0 Å². The average molecular weight is 519 g/mol. The summed E-state index contributed by atoms with van der Waals surface area (Å²) < 4.78 is 45.5. The standard InChI is InChI=1S/C15H18ClF3N6O.HI/c1-20-14(21-5-9-2-3-26-8-9)22-6-12-23-24-13-11(16)4-10(7-25(12)13)15(17,18)19;/h4,7,9H,2-3,5-6,8H2,1H3,(H2,20,21,22);1H. The zero-order chi connectivity index (χ0) is 18.7. The van der Waals surface area contributed by atoms with Crippen molar-refractivity contribution in [2.75, 3.05) is 26.8 Å². The zero-order valence-corrected chi connectivity index (χ0v) is 17.5. The lowest BCUT2D eigenvalue weighted by Crippen LogP contribution is -2.39. The van der Waals surface area contributed by atoms with Gasteiger partial charge >= 0.3 is 6.18 Å². The molecule has 1 atom stereocenters. The summed E-state index contributed by atoms with van der Waals surface area (Å²) in [6.07, 6.45) is -2.59. The summed E-state index contributed by atoms with van der Waals surface area (Å²) in [4.78, 5) is 4.09. The van der Waals surface area contributed by atoms with Gasteiger partial charge in [-0.3, -0.25) is 9.39 Å². The topological polar surface area (TPSA) is 75.8 Å². The van der Waals surface area contributed by atoms with Crippen LogP contribution in [0.25, 0.3) is 5.65 Å². The third kappa shape index (κ3) is 5.35. The molecule has 27 heavy (non-hydrogen) atoms. The molecule has 0 saturated carbocycles. The molecule has 1 saturated heterocycles. The van der Waals surface area contributed by atoms with Crippen LogP contribution in [-0.2, 0) is 17.5 Å². The van der Waals surface area contributed by atoms with Crippen molar-refractivity contribution in [3.05, 3.63) is 28.7 Å². The van der Waals surface area contributed by atoms with Crippen molar-refractivity contribution in [3.63, 3.8) is 0 Å². The fraction of sp³-hybridized carbons (Fsp3) is 0.533. The number of alkyl halides is 3. The van der Waals surface area contributed by atoms with E-state index in [4.69, 9.17) is 16.3 Å². The number of aliphatic imine (C=N–C) groups is 1. The average Bonchev–Trinajstić information content (AvgIpc) is 3.24. The van der Waals surface area contributed by atoms with Crippen LogP contribution in [0.5, 0.6) is 0 Å². The number of hydrogen-bond donors (Lipinski definition) is 2. The van der Waals surface area contributed by atoms with Gasteiger partial charge < -0.3 is 15.4 Å². The van der Waals surface area contributed by atoms with E-state index >= 15 is 0 Å². The molecule has 7 nitrogen and oxygen atoms in total. The van der Waals surface area contributed by atoms with E-state index < -0.39 is 11.7 Å². The third-order valence-corrected chi connectivity index (χ3v) is 4.36. The highest BCUT2D eigenvalue weighted by molar-refractivity contribution is 14.0. The van der Waals surface area contributed by atoms with Crippen LogP contribution >= 0.6 is 35.6 Å². The fourth-order valence-electron chi connectivity index (χ4n) is 2.64. The molecule has 0 amide bonds. The molecule has 0 aliphatic carbocycles. The molecule has 12 heteroatoms. The van der Waals surface area contributed by atoms with Crippen LogP contribution in [0.2, 0.25) is 5.02 Å². The Bertz CT molecular complexity index is 807. The van der Waals surface area contributed by atoms with Gasteiger partial charge in [0.15, 0.2) is 17.4 Å². The molecule has 1 aliphatic heterocycles. The van der Waals surface area contributed by atoms with Crippen LogP contribution in [0, 0.1) is 5.92 Å². The maximum atomic E-state index is 13.0. The Kier molecular flexibility index (Phi) is 7.51. The van der Waals surface area contributed by atoms with Gasteiger partial charge in [-0.1, -0.05) is 11.6 Å². The van der Waals surface area contributed by atoms with Crippen molar-refractivity contribution in [1.29, 1.82) is 0 Å². The normalized spacial score (nSPS) is 17.8. The maximum absolute atomic E-state index is 13.0. The number of guanidine groups is 1. The number of pyridine rings is 1. The van der Waals surface area contributed by atoms with E-state index in [9.17, 15) is 13.2 Å². The number of ether oxygens (including phenoxy) is 1. The number of halogens is 5. The second-order valence-corrected chi connectivity index (χ2v) is 6.33. The van der Waals surface area contributed by atoms with E-state index in [0.29, 0.717) is 30.9 Å². The number of nitrogens with one attached hydrogen (secondary N) is 2. The first kappa shape index (κ1) is 22.0. The first-order valence-corrected chi connectivity index (χ1v) is 8.39. The van der Waals surface area contributed by atoms with Gasteiger partial charge in [-0.05, 0) is 12.5 Å². The van der Waals surface area contributed by atoms with Crippen LogP contribution in [0.1, 0.15) is 17.8 Å². The van der Waals surface area contributed by atoms with Crippen LogP contribution in [-0.4, -0.2) is 47.4 Å². The SMILES string of the molecule is CN=C(NCc1nnc2c(Cl)cc(C(F)(F)F)cn12)NCC1CCOC1.I. The van der Waals surface area contributed by atoms with Gasteiger partial charge in [0.2, 0.25) is 0 Å². The van der Waals surface area contributed by atoms with Crippen molar-refractivity contribution in [3.8, 4) is 0 Å². The molecule has 1 fully saturated rings. The second-order valence-electron chi connectivity index (χ2n) is 5.92. The highest BCUT2D eigenvalue weighted by Gasteiger charge is 2.32. The van der Waals surface area contributed by atoms with E-state index in [1.54, 1.807) is 7.05 Å². The predicted molar refractivity (Wildman–Crippen MR) is 106 cm³/mol. The van der Waals surface area contributed by atoms with Gasteiger partial charge in [0.25, 0.3) is 0 Å². The largest absolute Gasteiger partial charge is 0.417 e. The summed E-state index contributed by atoms with van der Waals surface area (Å²) in [5.41, 5.74) is -0.692. The Morgan fingerprint density at radius 3 is 2.81 bits per heavy atom. The Morgan fingerprint density at radius 1 is 1.41 bits per heavy atom. The lowest BCUT2D eigenvalue weighted by atomic mass is 10.1. The summed E-state index contributed by atoms with van der Waals surface area (Å²) in [5.74, 6) is 1.22. The Hall–Kier alpha value is -1.34. The molecule has 3 rings (SSSR count). The minimum atomic E-state index is -4.51. The molecule has 0 radical (unpaired) electrons. The second kappa shape index (κ2) is 9.24. The summed E-state index contributed by atoms with van der Waals surface area (Å²) in [6.45, 7) is 2.30. The summed E-state index contributed by atoms with van der Waals surface area (Å²) >= 11 is 5.90. The first-order chi connectivity index (χ1) is 12.4. The molecule has 2 aromatic heterocycles. The van der Waals surface area contributed by atoms with E-state index in [1.165, 1.54) is 4.40 Å². The summed E-state index contributed by atoms with van der Waals surface area (Å²) in [5, 5.41) is 13.8. The minimum Gasteiger partial charge on any atom is -0.381 e. The van der Waals surface area contributed by atoms with Crippen molar-refractivity contribution in [2.45, 2.75) is 19.1 Å². The monoisotopic (exact) mass is 518 g/mol. The first-order valence-electron chi connectivity index (χ1n) is 8.01. The molecule has 0 aromatic carbocycles. The molecule has 0 spiro atoms. The molecular weight excluding hydrogens is 500 g/mol. The molecule has 1 aliphatic rings. The fourth-order valence-corrected chi connectivity index (χ4v) is 2.89. The Labute approximate surface area is 175 Å². The highest BCUT2D eigenvalue weighted by atomic mass is 127. The number of aromatic nitrogens is 3. The van der Waals surface area contributed by atoms with Crippen molar-refractivity contribution in [1.82, 2.24) is 25.2 Å². The van der Waals surface area contributed by atoms with Gasteiger partial charge in [-0.2, -0.15) is 13.2 Å². The lowest BCUT2D eigenvalue weighted by molar-refractivity contribution is -0.137. The maximum Gasteiger partial charge on any atom is 0.417 e. The van der Waals surface area contributed by atoms with Crippen molar-refractivity contribution < 1.29 is 17.9 Å². The summed E-state index contributed by atoms with van der Waals surface area (Å²) in [7, 11) is 1.61. The van der Waals surface area contributed by atoms with Crippen LogP contribution in [0.15, 0.2) is 17.3 Å². The van der Waals surface area contributed by atoms with E-state index in [-0.39, 0.29) is 41.2 Å². The quantitative estimate of drug-likeness (QED) is 0.370. The van der Waals surface area contributed by atoms with Crippen molar-refractivity contribution >= 4 is 47.2 Å². The minimum absolute atomic E-state index is 0. The van der Waals surface area contributed by atoms with Gasteiger partial charge in [-0.25, -0.2) is 0 Å². The lowest BCUT2D eigenvalue weighted by Gasteiger charge is -2.14. The zero-order valence-electron chi connectivity index (χ0n) is 14.4. The Morgan fingerprint density at radius 2 is 2.19 bits per heavy atom. The van der Waals surface area contributed by atoms with Gasteiger partial charge in [-0.15, -0.1) is 34.2 Å². The van der Waals surface area contributed by atoms with E-state index in [1.807, 2.05) is 0 Å². The Balaban J connectivity index is 0.00000261. The molecule has 1 unspecified atom stereocenters. The number of nitrogens with zero attached hydrogens (tertiary/aromatic N) is 4. The molecule has 2 N–H and O–H groups in total. The molecular formula is C15H19ClF3IN6O. The van der Waals surface area contributed by atoms with Crippen LogP contribution in [0.4, 0.5) is 13.2 Å². The molecule has 0 bridgehead atoms. The van der Waals surface area contributed by atoms with Gasteiger partial charge in [0.05, 0.1) is 23.7 Å². The van der Waals surface area contributed by atoms with Gasteiger partial charge in [0, 0.05) is 32.3 Å². The van der Waals surface area contributed by atoms with E-state index in [0.717, 1.165) is 25.3 Å².